The molecule has 1 aromatic heterocycles. The van der Waals surface area contributed by atoms with E-state index in [-0.39, 0.29) is 5.91 Å². The Morgan fingerprint density at radius 1 is 1.24 bits per heavy atom. The number of rotatable bonds is 7. The molecule has 0 saturated heterocycles. The molecule has 0 atom stereocenters. The van der Waals surface area contributed by atoms with Crippen molar-refractivity contribution in [2.45, 2.75) is 26.8 Å². The number of fused-ring (bicyclic) bond motifs is 1. The molecule has 4 heteroatoms. The second-order valence-corrected chi connectivity index (χ2v) is 5.63. The Labute approximate surface area is 126 Å². The minimum Gasteiger partial charge on any atom is -0.355 e. The molecule has 0 aliphatic rings. The molecule has 0 fully saturated rings. The molecule has 1 heterocycles. The van der Waals surface area contributed by atoms with Crippen molar-refractivity contribution in [3.63, 3.8) is 0 Å². The summed E-state index contributed by atoms with van der Waals surface area (Å²) in [7, 11) is 0. The second kappa shape index (κ2) is 7.74. The Bertz CT molecular complexity index is 590. The van der Waals surface area contributed by atoms with Gasteiger partial charge in [-0.2, -0.15) is 0 Å². The van der Waals surface area contributed by atoms with Crippen LogP contribution in [-0.4, -0.2) is 24.0 Å². The predicted molar refractivity (Wildman–Crippen MR) is 85.9 cm³/mol. The van der Waals surface area contributed by atoms with Gasteiger partial charge in [-0.3, -0.25) is 9.78 Å². The third-order valence-electron chi connectivity index (χ3n) is 3.36. The molecule has 1 amide bonds. The van der Waals surface area contributed by atoms with Crippen LogP contribution in [0.4, 0.5) is 0 Å². The Kier molecular flexibility index (Phi) is 5.69. The highest BCUT2D eigenvalue weighted by Gasteiger charge is 2.04. The van der Waals surface area contributed by atoms with Crippen molar-refractivity contribution in [3.05, 3.63) is 42.1 Å². The van der Waals surface area contributed by atoms with Gasteiger partial charge < -0.3 is 10.6 Å². The zero-order valence-corrected chi connectivity index (χ0v) is 12.7. The molecule has 21 heavy (non-hydrogen) atoms. The quantitative estimate of drug-likeness (QED) is 0.822. The third-order valence-corrected chi connectivity index (χ3v) is 3.36. The van der Waals surface area contributed by atoms with Crippen molar-refractivity contribution in [3.8, 4) is 0 Å². The molecular weight excluding hydrogens is 262 g/mol. The zero-order chi connectivity index (χ0) is 15.1. The highest BCUT2D eigenvalue weighted by molar-refractivity contribution is 5.81. The molecule has 0 spiro atoms. The van der Waals surface area contributed by atoms with Crippen LogP contribution in [0.3, 0.4) is 0 Å². The highest BCUT2D eigenvalue weighted by Crippen LogP contribution is 2.15. The summed E-state index contributed by atoms with van der Waals surface area (Å²) in [5.41, 5.74) is 2.11. The third kappa shape index (κ3) is 4.83. The summed E-state index contributed by atoms with van der Waals surface area (Å²) in [5, 5.41) is 7.22. The van der Waals surface area contributed by atoms with Crippen LogP contribution < -0.4 is 10.6 Å². The average Bonchev–Trinajstić information content (AvgIpc) is 2.47. The minimum absolute atomic E-state index is 0.0452. The van der Waals surface area contributed by atoms with E-state index >= 15 is 0 Å². The van der Waals surface area contributed by atoms with Gasteiger partial charge in [0.1, 0.15) is 0 Å². The van der Waals surface area contributed by atoms with Gasteiger partial charge in [0, 0.05) is 24.7 Å². The fourth-order valence-electron chi connectivity index (χ4n) is 2.18. The molecule has 0 radical (unpaired) electrons. The van der Waals surface area contributed by atoms with Gasteiger partial charge >= 0.3 is 0 Å². The number of nitrogens with zero attached hydrogens (tertiary/aromatic N) is 1. The minimum atomic E-state index is 0.0452. The lowest BCUT2D eigenvalue weighted by molar-refractivity contribution is -0.120. The maximum absolute atomic E-state index is 11.7. The standard InChI is InChI=1S/C17H23N3O/c1-13(2)8-10-19-16(21)12-18-11-15-6-3-5-14-7-4-9-20-17(14)15/h3-7,9,13,18H,8,10-12H2,1-2H3,(H,19,21). The van der Waals surface area contributed by atoms with E-state index in [4.69, 9.17) is 0 Å². The number of aromatic nitrogens is 1. The lowest BCUT2D eigenvalue weighted by Crippen LogP contribution is -2.34. The van der Waals surface area contributed by atoms with E-state index < -0.39 is 0 Å². The van der Waals surface area contributed by atoms with Gasteiger partial charge in [0.05, 0.1) is 12.1 Å². The number of para-hydroxylation sites is 1. The van der Waals surface area contributed by atoms with Crippen LogP contribution >= 0.6 is 0 Å². The smallest absolute Gasteiger partial charge is 0.233 e. The van der Waals surface area contributed by atoms with Crippen molar-refractivity contribution in [2.24, 2.45) is 5.92 Å². The number of amides is 1. The van der Waals surface area contributed by atoms with Gasteiger partial charge in [-0.1, -0.05) is 38.1 Å². The highest BCUT2D eigenvalue weighted by atomic mass is 16.1. The molecular formula is C17H23N3O. The summed E-state index contributed by atoms with van der Waals surface area (Å²) in [5.74, 6) is 0.656. The van der Waals surface area contributed by atoms with Crippen molar-refractivity contribution in [1.82, 2.24) is 15.6 Å². The lowest BCUT2D eigenvalue weighted by atomic mass is 10.1. The first-order chi connectivity index (χ1) is 10.2. The van der Waals surface area contributed by atoms with Crippen molar-refractivity contribution < 1.29 is 4.79 Å². The number of hydrogen-bond donors (Lipinski definition) is 2. The van der Waals surface area contributed by atoms with Gasteiger partial charge in [-0.05, 0) is 24.0 Å². The molecule has 4 nitrogen and oxygen atoms in total. The first-order valence-electron chi connectivity index (χ1n) is 7.47. The second-order valence-electron chi connectivity index (χ2n) is 5.63. The van der Waals surface area contributed by atoms with E-state index in [1.54, 1.807) is 6.20 Å². The fourth-order valence-corrected chi connectivity index (χ4v) is 2.18. The van der Waals surface area contributed by atoms with Gasteiger partial charge in [-0.25, -0.2) is 0 Å². The Balaban J connectivity index is 1.81. The predicted octanol–water partition coefficient (Wildman–Crippen LogP) is 2.49. The zero-order valence-electron chi connectivity index (χ0n) is 12.7. The molecule has 0 aliphatic heterocycles. The molecule has 2 aromatic rings. The van der Waals surface area contributed by atoms with Crippen LogP contribution in [0.2, 0.25) is 0 Å². The van der Waals surface area contributed by atoms with Gasteiger partial charge in [-0.15, -0.1) is 0 Å². The molecule has 2 rings (SSSR count). The monoisotopic (exact) mass is 285 g/mol. The van der Waals surface area contributed by atoms with E-state index in [2.05, 4.69) is 29.5 Å². The Hall–Kier alpha value is -1.94. The molecule has 112 valence electrons. The summed E-state index contributed by atoms with van der Waals surface area (Å²) < 4.78 is 0. The van der Waals surface area contributed by atoms with E-state index in [1.807, 2.05) is 30.3 Å². The largest absolute Gasteiger partial charge is 0.355 e. The van der Waals surface area contributed by atoms with E-state index in [1.165, 1.54) is 0 Å². The summed E-state index contributed by atoms with van der Waals surface area (Å²) >= 11 is 0. The summed E-state index contributed by atoms with van der Waals surface area (Å²) in [6.07, 6.45) is 2.81. The summed E-state index contributed by atoms with van der Waals surface area (Å²) in [6, 6.07) is 10.1. The summed E-state index contributed by atoms with van der Waals surface area (Å²) in [6.45, 7) is 6.02. The van der Waals surface area contributed by atoms with Crippen molar-refractivity contribution >= 4 is 16.8 Å². The van der Waals surface area contributed by atoms with Gasteiger partial charge in [0.2, 0.25) is 5.91 Å². The number of carbonyl (C=O) groups is 1. The molecule has 0 aliphatic carbocycles. The normalized spacial score (nSPS) is 11.0. The number of pyridine rings is 1. The van der Waals surface area contributed by atoms with Crippen LogP contribution in [0.25, 0.3) is 10.9 Å². The van der Waals surface area contributed by atoms with Gasteiger partial charge in [0.15, 0.2) is 0 Å². The molecule has 2 N–H and O–H groups in total. The Morgan fingerprint density at radius 3 is 2.86 bits per heavy atom. The first kappa shape index (κ1) is 15.4. The molecule has 0 unspecified atom stereocenters. The van der Waals surface area contributed by atoms with E-state index in [9.17, 15) is 4.79 Å². The van der Waals surface area contributed by atoms with Crippen molar-refractivity contribution in [2.75, 3.05) is 13.1 Å². The average molecular weight is 285 g/mol. The van der Waals surface area contributed by atoms with Crippen LogP contribution in [0.1, 0.15) is 25.8 Å². The van der Waals surface area contributed by atoms with E-state index in [0.717, 1.165) is 29.4 Å². The van der Waals surface area contributed by atoms with Crippen LogP contribution in [-0.2, 0) is 11.3 Å². The molecule has 1 aromatic carbocycles. The maximum atomic E-state index is 11.7. The number of nitrogens with one attached hydrogen (secondary N) is 2. The topological polar surface area (TPSA) is 54.0 Å². The Morgan fingerprint density at radius 2 is 2.05 bits per heavy atom. The van der Waals surface area contributed by atoms with E-state index in [0.29, 0.717) is 19.0 Å². The summed E-state index contributed by atoms with van der Waals surface area (Å²) in [4.78, 5) is 16.1. The first-order valence-corrected chi connectivity index (χ1v) is 7.47. The van der Waals surface area contributed by atoms with Crippen LogP contribution in [0.5, 0.6) is 0 Å². The lowest BCUT2D eigenvalue weighted by Gasteiger charge is -2.09. The number of hydrogen-bond acceptors (Lipinski definition) is 3. The maximum Gasteiger partial charge on any atom is 0.233 e. The van der Waals surface area contributed by atoms with Crippen LogP contribution in [0, 0.1) is 5.92 Å². The van der Waals surface area contributed by atoms with Gasteiger partial charge in [0.25, 0.3) is 0 Å². The molecule has 0 bridgehead atoms. The number of benzene rings is 1. The SMILES string of the molecule is CC(C)CCNC(=O)CNCc1cccc2cccnc12. The van der Waals surface area contributed by atoms with Crippen LogP contribution in [0.15, 0.2) is 36.5 Å². The molecule has 0 saturated carbocycles. The van der Waals surface area contributed by atoms with Crippen molar-refractivity contribution in [1.29, 1.82) is 0 Å². The number of carbonyl (C=O) groups excluding carboxylic acids is 1. The fraction of sp³-hybridized carbons (Fsp3) is 0.412.